The van der Waals surface area contributed by atoms with E-state index in [9.17, 15) is 4.79 Å². The molecular formula is C16H20N2O2. The first-order chi connectivity index (χ1) is 9.60. The third kappa shape index (κ3) is 3.54. The summed E-state index contributed by atoms with van der Waals surface area (Å²) in [5.41, 5.74) is 1.80. The van der Waals surface area contributed by atoms with Crippen LogP contribution in [0.15, 0.2) is 36.4 Å². The third-order valence-corrected chi connectivity index (χ3v) is 3.11. The monoisotopic (exact) mass is 272 g/mol. The number of aromatic nitrogens is 1. The lowest BCUT2D eigenvalue weighted by Crippen LogP contribution is -2.30. The highest BCUT2D eigenvalue weighted by atomic mass is 16.5. The molecule has 0 radical (unpaired) electrons. The van der Waals surface area contributed by atoms with Gasteiger partial charge in [-0.1, -0.05) is 38.1 Å². The molecule has 0 saturated carbocycles. The van der Waals surface area contributed by atoms with Gasteiger partial charge in [0.15, 0.2) is 0 Å². The van der Waals surface area contributed by atoms with E-state index in [-0.39, 0.29) is 24.5 Å². The van der Waals surface area contributed by atoms with E-state index in [0.717, 1.165) is 16.6 Å². The maximum Gasteiger partial charge on any atom is 0.307 e. The van der Waals surface area contributed by atoms with E-state index in [1.165, 1.54) is 7.11 Å². The van der Waals surface area contributed by atoms with Gasteiger partial charge < -0.3 is 10.1 Å². The number of carbonyl (C=O) groups is 1. The molecule has 1 aromatic carbocycles. The van der Waals surface area contributed by atoms with Crippen LogP contribution in [0, 0.1) is 0 Å². The van der Waals surface area contributed by atoms with Gasteiger partial charge in [-0.25, -0.2) is 0 Å². The average Bonchev–Trinajstić information content (AvgIpc) is 2.45. The molecular weight excluding hydrogens is 252 g/mol. The van der Waals surface area contributed by atoms with E-state index in [1.807, 2.05) is 50.2 Å². The van der Waals surface area contributed by atoms with Crippen molar-refractivity contribution in [1.29, 1.82) is 0 Å². The van der Waals surface area contributed by atoms with Gasteiger partial charge in [0.05, 0.1) is 30.8 Å². The standard InChI is InChI=1S/C16H20N2O2/c1-11(2)17-15(10-16(19)20-3)14-9-8-12-6-4-5-7-13(12)18-14/h4-9,11,15,17H,10H2,1-3H3. The van der Waals surface area contributed by atoms with Gasteiger partial charge in [-0.15, -0.1) is 0 Å². The fourth-order valence-electron chi connectivity index (χ4n) is 2.18. The zero-order chi connectivity index (χ0) is 14.5. The van der Waals surface area contributed by atoms with Gasteiger partial charge in [-0.05, 0) is 12.1 Å². The number of para-hydroxylation sites is 1. The number of ether oxygens (including phenoxy) is 1. The van der Waals surface area contributed by atoms with Crippen LogP contribution in [-0.4, -0.2) is 24.1 Å². The molecule has 0 bridgehead atoms. The lowest BCUT2D eigenvalue weighted by molar-refractivity contribution is -0.141. The Morgan fingerprint density at radius 2 is 2.00 bits per heavy atom. The molecule has 20 heavy (non-hydrogen) atoms. The molecule has 0 amide bonds. The average molecular weight is 272 g/mol. The van der Waals surface area contributed by atoms with Crippen molar-refractivity contribution in [1.82, 2.24) is 10.3 Å². The Balaban J connectivity index is 2.31. The molecule has 4 nitrogen and oxygen atoms in total. The van der Waals surface area contributed by atoms with Gasteiger partial charge in [-0.3, -0.25) is 9.78 Å². The minimum atomic E-state index is -0.238. The molecule has 2 aromatic rings. The minimum Gasteiger partial charge on any atom is -0.469 e. The lowest BCUT2D eigenvalue weighted by Gasteiger charge is -2.20. The van der Waals surface area contributed by atoms with Gasteiger partial charge in [0.2, 0.25) is 0 Å². The zero-order valence-electron chi connectivity index (χ0n) is 12.1. The molecule has 0 aliphatic carbocycles. The van der Waals surface area contributed by atoms with Crippen LogP contribution >= 0.6 is 0 Å². The molecule has 1 N–H and O–H groups in total. The number of fused-ring (bicyclic) bond motifs is 1. The largest absolute Gasteiger partial charge is 0.469 e. The Hall–Kier alpha value is -1.94. The number of benzene rings is 1. The minimum absolute atomic E-state index is 0.132. The number of hydrogen-bond donors (Lipinski definition) is 1. The first kappa shape index (κ1) is 14.5. The molecule has 2 rings (SSSR count). The second-order valence-corrected chi connectivity index (χ2v) is 5.08. The van der Waals surface area contributed by atoms with Gasteiger partial charge in [-0.2, -0.15) is 0 Å². The molecule has 0 saturated heterocycles. The summed E-state index contributed by atoms with van der Waals surface area (Å²) in [5.74, 6) is -0.238. The van der Waals surface area contributed by atoms with E-state index in [4.69, 9.17) is 4.74 Å². The van der Waals surface area contributed by atoms with Crippen LogP contribution in [0.2, 0.25) is 0 Å². The fourth-order valence-corrected chi connectivity index (χ4v) is 2.18. The maximum atomic E-state index is 11.6. The zero-order valence-corrected chi connectivity index (χ0v) is 12.1. The molecule has 0 spiro atoms. The van der Waals surface area contributed by atoms with Gasteiger partial charge >= 0.3 is 5.97 Å². The Bertz CT molecular complexity index is 596. The second-order valence-electron chi connectivity index (χ2n) is 5.08. The molecule has 1 atom stereocenters. The van der Waals surface area contributed by atoms with Crippen molar-refractivity contribution in [2.75, 3.05) is 7.11 Å². The summed E-state index contributed by atoms with van der Waals surface area (Å²) in [6.07, 6.45) is 0.278. The Morgan fingerprint density at radius 3 is 2.70 bits per heavy atom. The predicted molar refractivity (Wildman–Crippen MR) is 79.4 cm³/mol. The van der Waals surface area contributed by atoms with Crippen molar-refractivity contribution in [2.45, 2.75) is 32.4 Å². The summed E-state index contributed by atoms with van der Waals surface area (Å²) in [4.78, 5) is 16.2. The van der Waals surface area contributed by atoms with Crippen LogP contribution in [0.25, 0.3) is 10.9 Å². The molecule has 0 fully saturated rings. The van der Waals surface area contributed by atoms with Crippen molar-refractivity contribution >= 4 is 16.9 Å². The third-order valence-electron chi connectivity index (χ3n) is 3.11. The van der Waals surface area contributed by atoms with E-state index in [2.05, 4.69) is 10.3 Å². The van der Waals surface area contributed by atoms with Gasteiger partial charge in [0, 0.05) is 11.4 Å². The van der Waals surface area contributed by atoms with Crippen molar-refractivity contribution in [3.05, 3.63) is 42.1 Å². The number of carbonyl (C=O) groups excluding carboxylic acids is 1. The molecule has 1 unspecified atom stereocenters. The molecule has 106 valence electrons. The number of nitrogens with one attached hydrogen (secondary N) is 1. The van der Waals surface area contributed by atoms with Crippen molar-refractivity contribution < 1.29 is 9.53 Å². The first-order valence-electron chi connectivity index (χ1n) is 6.78. The van der Waals surface area contributed by atoms with E-state index >= 15 is 0 Å². The number of methoxy groups -OCH3 is 1. The van der Waals surface area contributed by atoms with Gasteiger partial charge in [0.25, 0.3) is 0 Å². The maximum absolute atomic E-state index is 11.6. The van der Waals surface area contributed by atoms with Crippen molar-refractivity contribution in [2.24, 2.45) is 0 Å². The Labute approximate surface area is 119 Å². The van der Waals surface area contributed by atoms with E-state index in [0.29, 0.717) is 0 Å². The lowest BCUT2D eigenvalue weighted by atomic mass is 10.1. The summed E-state index contributed by atoms with van der Waals surface area (Å²) in [6.45, 7) is 4.09. The number of hydrogen-bond acceptors (Lipinski definition) is 4. The number of esters is 1. The second kappa shape index (κ2) is 6.48. The van der Waals surface area contributed by atoms with Gasteiger partial charge in [0.1, 0.15) is 0 Å². The number of pyridine rings is 1. The summed E-state index contributed by atoms with van der Waals surface area (Å²) < 4.78 is 4.76. The SMILES string of the molecule is COC(=O)CC(NC(C)C)c1ccc2ccccc2n1. The summed E-state index contributed by atoms with van der Waals surface area (Å²) in [5, 5.41) is 4.46. The Morgan fingerprint density at radius 1 is 1.25 bits per heavy atom. The fraction of sp³-hybridized carbons (Fsp3) is 0.375. The highest BCUT2D eigenvalue weighted by Crippen LogP contribution is 2.20. The number of rotatable bonds is 5. The molecule has 1 aromatic heterocycles. The molecule has 1 heterocycles. The Kier molecular flexibility index (Phi) is 4.69. The quantitative estimate of drug-likeness (QED) is 0.850. The van der Waals surface area contributed by atoms with E-state index in [1.54, 1.807) is 0 Å². The summed E-state index contributed by atoms with van der Waals surface area (Å²) >= 11 is 0. The van der Waals surface area contributed by atoms with Crippen molar-refractivity contribution in [3.63, 3.8) is 0 Å². The smallest absolute Gasteiger partial charge is 0.307 e. The van der Waals surface area contributed by atoms with Crippen LogP contribution < -0.4 is 5.32 Å². The molecule has 0 aliphatic heterocycles. The van der Waals surface area contributed by atoms with Crippen molar-refractivity contribution in [3.8, 4) is 0 Å². The normalized spacial score (nSPS) is 12.6. The highest BCUT2D eigenvalue weighted by molar-refractivity contribution is 5.78. The van der Waals surface area contributed by atoms with Crippen LogP contribution in [0.3, 0.4) is 0 Å². The molecule has 0 aliphatic rings. The topological polar surface area (TPSA) is 51.2 Å². The summed E-state index contributed by atoms with van der Waals surface area (Å²) in [6, 6.07) is 12.1. The van der Waals surface area contributed by atoms with Crippen LogP contribution in [0.1, 0.15) is 32.0 Å². The van der Waals surface area contributed by atoms with Crippen LogP contribution in [0.5, 0.6) is 0 Å². The predicted octanol–water partition coefficient (Wildman–Crippen LogP) is 2.84. The van der Waals surface area contributed by atoms with E-state index < -0.39 is 0 Å². The van der Waals surface area contributed by atoms with Crippen LogP contribution in [-0.2, 0) is 9.53 Å². The highest BCUT2D eigenvalue weighted by Gasteiger charge is 2.18. The summed E-state index contributed by atoms with van der Waals surface area (Å²) in [7, 11) is 1.41. The number of nitrogens with zero attached hydrogens (tertiary/aromatic N) is 1. The van der Waals surface area contributed by atoms with Crippen LogP contribution in [0.4, 0.5) is 0 Å². The molecule has 4 heteroatoms. The first-order valence-corrected chi connectivity index (χ1v) is 6.78.